The Morgan fingerprint density at radius 3 is 2.34 bits per heavy atom. The van der Waals surface area contributed by atoms with Crippen molar-refractivity contribution in [2.75, 3.05) is 19.8 Å². The molecule has 0 atom stereocenters. The Morgan fingerprint density at radius 1 is 1.07 bits per heavy atom. The molecule has 1 rings (SSSR count). The van der Waals surface area contributed by atoms with Gasteiger partial charge in [0.05, 0.1) is 12.3 Å². The number of halogens is 3. The Hall–Kier alpha value is -1.46. The molecular weight excluding hydrogens is 416 g/mol. The summed E-state index contributed by atoms with van der Waals surface area (Å²) < 4.78 is 26.2. The molecule has 7 heteroatoms. The molecule has 0 bridgehead atoms. The average Bonchev–Trinajstić information content (AvgIpc) is 2.66. The second kappa shape index (κ2) is 14.5. The third kappa shape index (κ3) is 10.2. The normalized spacial score (nSPS) is 10.4. The first-order valence-electron chi connectivity index (χ1n) is 10.1. The van der Waals surface area contributed by atoms with E-state index in [9.17, 15) is 4.39 Å². The van der Waals surface area contributed by atoms with Crippen LogP contribution in [-0.4, -0.2) is 25.5 Å². The third-order valence-corrected chi connectivity index (χ3v) is 4.47. The lowest BCUT2D eigenvalue weighted by Crippen LogP contribution is -2.06. The van der Waals surface area contributed by atoms with Gasteiger partial charge >= 0.3 is 0 Å². The van der Waals surface area contributed by atoms with Crippen LogP contribution in [0.1, 0.15) is 64.0 Å². The fraction of sp³-hybridized carbons (Fsp3) is 0.591. The lowest BCUT2D eigenvalue weighted by Gasteiger charge is -2.17. The predicted octanol–water partition coefficient (Wildman–Crippen LogP) is 7.14. The molecule has 29 heavy (non-hydrogen) atoms. The smallest absolute Gasteiger partial charge is 0.171 e. The van der Waals surface area contributed by atoms with Crippen molar-refractivity contribution in [3.8, 4) is 11.5 Å². The number of rotatable bonds is 14. The van der Waals surface area contributed by atoms with Crippen molar-refractivity contribution in [3.63, 3.8) is 0 Å². The maximum atomic E-state index is 14.8. The zero-order chi connectivity index (χ0) is 21.6. The molecular formula is C22H32Cl2FNO3. The van der Waals surface area contributed by atoms with Gasteiger partial charge < -0.3 is 14.3 Å². The zero-order valence-electron chi connectivity index (χ0n) is 17.8. The van der Waals surface area contributed by atoms with Crippen LogP contribution < -0.4 is 9.47 Å². The highest BCUT2D eigenvalue weighted by molar-refractivity contribution is 6.55. The Labute approximate surface area is 184 Å². The molecule has 0 spiro atoms. The number of oxime groups is 1. The van der Waals surface area contributed by atoms with Crippen LogP contribution in [0.2, 0.25) is 0 Å². The minimum atomic E-state index is -0.392. The maximum absolute atomic E-state index is 14.8. The molecule has 0 aliphatic heterocycles. The summed E-state index contributed by atoms with van der Waals surface area (Å²) in [6, 6.07) is 1.65. The number of benzene rings is 1. The van der Waals surface area contributed by atoms with Gasteiger partial charge in [0.2, 0.25) is 0 Å². The largest absolute Gasteiger partial charge is 0.493 e. The Kier molecular flexibility index (Phi) is 12.8. The number of hydrogen-bond donors (Lipinski definition) is 0. The van der Waals surface area contributed by atoms with Crippen LogP contribution in [0.3, 0.4) is 0 Å². The number of aryl methyl sites for hydroxylation is 1. The molecule has 1 aromatic carbocycles. The van der Waals surface area contributed by atoms with Crippen molar-refractivity contribution < 1.29 is 18.7 Å². The lowest BCUT2D eigenvalue weighted by atomic mass is 10.1. The zero-order valence-corrected chi connectivity index (χ0v) is 19.3. The third-order valence-electron chi connectivity index (χ3n) is 4.16. The molecule has 0 saturated carbocycles. The highest BCUT2D eigenvalue weighted by atomic mass is 35.5. The number of hydrogen-bond acceptors (Lipinski definition) is 4. The molecule has 0 aromatic heterocycles. The fourth-order valence-corrected chi connectivity index (χ4v) is 2.90. The molecule has 1 aromatic rings. The summed E-state index contributed by atoms with van der Waals surface area (Å²) in [5, 5.41) is 3.91. The van der Waals surface area contributed by atoms with E-state index in [4.69, 9.17) is 37.5 Å². The summed E-state index contributed by atoms with van der Waals surface area (Å²) in [6.07, 6.45) is 7.18. The van der Waals surface area contributed by atoms with Gasteiger partial charge in [0.25, 0.3) is 0 Å². The molecule has 0 fully saturated rings. The minimum absolute atomic E-state index is 0.0925. The lowest BCUT2D eigenvalue weighted by molar-refractivity contribution is 0.139. The summed E-state index contributed by atoms with van der Waals surface area (Å²) in [5.74, 6) is 0.406. The summed E-state index contributed by atoms with van der Waals surface area (Å²) in [7, 11) is 0. The fourth-order valence-electron chi connectivity index (χ4n) is 2.78. The summed E-state index contributed by atoms with van der Waals surface area (Å²) in [4.78, 5) is 5.18. The van der Waals surface area contributed by atoms with Gasteiger partial charge in [-0.25, -0.2) is 4.39 Å². The summed E-state index contributed by atoms with van der Waals surface area (Å²) in [5.41, 5.74) is 2.31. The molecule has 0 aliphatic rings. The first-order chi connectivity index (χ1) is 13.9. The van der Waals surface area contributed by atoms with Crippen LogP contribution in [-0.2, 0) is 11.3 Å². The van der Waals surface area contributed by atoms with Gasteiger partial charge in [-0.3, -0.25) is 0 Å². The number of ether oxygens (including phenoxy) is 2. The molecule has 164 valence electrons. The predicted molar refractivity (Wildman–Crippen MR) is 119 cm³/mol. The van der Waals surface area contributed by atoms with E-state index < -0.39 is 5.82 Å². The highest BCUT2D eigenvalue weighted by Crippen LogP contribution is 2.33. The van der Waals surface area contributed by atoms with Crippen molar-refractivity contribution in [3.05, 3.63) is 33.6 Å². The Balaban J connectivity index is 2.44. The van der Waals surface area contributed by atoms with Gasteiger partial charge in [-0.2, -0.15) is 0 Å². The summed E-state index contributed by atoms with van der Waals surface area (Å²) in [6.45, 7) is 8.94. The molecule has 0 heterocycles. The first kappa shape index (κ1) is 25.6. The van der Waals surface area contributed by atoms with E-state index in [-0.39, 0.29) is 16.8 Å². The van der Waals surface area contributed by atoms with Crippen molar-refractivity contribution in [1.29, 1.82) is 0 Å². The number of unbranched alkanes of at least 4 members (excludes halogenated alkanes) is 4. The van der Waals surface area contributed by atoms with Crippen molar-refractivity contribution in [2.24, 2.45) is 5.16 Å². The minimum Gasteiger partial charge on any atom is -0.493 e. The van der Waals surface area contributed by atoms with Crippen LogP contribution in [0.5, 0.6) is 11.5 Å². The van der Waals surface area contributed by atoms with Gasteiger partial charge in [0, 0.05) is 5.56 Å². The van der Waals surface area contributed by atoms with E-state index in [1.165, 1.54) is 6.08 Å². The van der Waals surface area contributed by atoms with E-state index in [0.29, 0.717) is 30.9 Å². The summed E-state index contributed by atoms with van der Waals surface area (Å²) >= 11 is 11.1. The van der Waals surface area contributed by atoms with Gasteiger partial charge in [-0.1, -0.05) is 48.1 Å². The topological polar surface area (TPSA) is 40.0 Å². The van der Waals surface area contributed by atoms with E-state index in [0.717, 1.165) is 43.4 Å². The second-order valence-corrected chi connectivity index (χ2v) is 7.97. The van der Waals surface area contributed by atoms with Crippen LogP contribution in [0.4, 0.5) is 4.39 Å². The molecule has 0 unspecified atom stereocenters. The quantitative estimate of drug-likeness (QED) is 0.173. The molecule has 0 amide bonds. The Morgan fingerprint density at radius 2 is 1.72 bits per heavy atom. The van der Waals surface area contributed by atoms with Crippen LogP contribution >= 0.6 is 23.2 Å². The van der Waals surface area contributed by atoms with Crippen molar-refractivity contribution in [2.45, 2.75) is 66.2 Å². The molecule has 4 nitrogen and oxygen atoms in total. The monoisotopic (exact) mass is 447 g/mol. The standard InChI is InChI=1S/C22H32Cl2FNO3/c1-5-18-21(25)19(27-14-11-20(23)24)15-17(4)22(18)28-12-9-7-6-8-10-13-29-26-16(2)3/h11,15H,5-10,12-14H2,1-4H3. The van der Waals surface area contributed by atoms with E-state index >= 15 is 0 Å². The van der Waals surface area contributed by atoms with Crippen molar-refractivity contribution in [1.82, 2.24) is 0 Å². The van der Waals surface area contributed by atoms with Gasteiger partial charge in [-0.05, 0) is 64.2 Å². The second-order valence-electron chi connectivity index (χ2n) is 6.96. The van der Waals surface area contributed by atoms with E-state index in [1.54, 1.807) is 6.07 Å². The molecule has 0 saturated heterocycles. The van der Waals surface area contributed by atoms with Gasteiger partial charge in [0.15, 0.2) is 11.6 Å². The maximum Gasteiger partial charge on any atom is 0.171 e. The number of nitrogens with zero attached hydrogens (tertiary/aromatic N) is 1. The SMILES string of the molecule is CCc1c(F)c(OCC=C(Cl)Cl)cc(C)c1OCCCCCCCON=C(C)C. The first-order valence-corrected chi connectivity index (χ1v) is 10.8. The van der Waals surface area contributed by atoms with Crippen molar-refractivity contribution >= 4 is 28.9 Å². The molecule has 0 N–H and O–H groups in total. The van der Waals surface area contributed by atoms with E-state index in [1.807, 2.05) is 27.7 Å². The van der Waals surface area contributed by atoms with E-state index in [2.05, 4.69) is 5.16 Å². The Bertz CT molecular complexity index is 685. The van der Waals surface area contributed by atoms with Gasteiger partial charge in [-0.15, -0.1) is 0 Å². The van der Waals surface area contributed by atoms with Crippen LogP contribution in [0.15, 0.2) is 21.8 Å². The van der Waals surface area contributed by atoms with Crippen LogP contribution in [0, 0.1) is 12.7 Å². The highest BCUT2D eigenvalue weighted by Gasteiger charge is 2.17. The molecule has 0 radical (unpaired) electrons. The molecule has 0 aliphatic carbocycles. The average molecular weight is 448 g/mol. The van der Waals surface area contributed by atoms with Crippen LogP contribution in [0.25, 0.3) is 0 Å². The van der Waals surface area contributed by atoms with Gasteiger partial charge in [0.1, 0.15) is 23.5 Å².